The van der Waals surface area contributed by atoms with Crippen LogP contribution in [0.2, 0.25) is 5.02 Å². The smallest absolute Gasteiger partial charge is 0.375 e. The standard InChI is InChI=1S/C20H9ClO7/c21-8-5-6-12-11(7-8)14(22)13-15(27-12)19(25)28-18(13)20(26)16(23)9-3-1-2-4-10(9)17(20)24/h1-7,18,26H. The molecule has 0 amide bonds. The fraction of sp³-hybridized carbons (Fsp3) is 0.100. The Morgan fingerprint density at radius 2 is 1.61 bits per heavy atom. The summed E-state index contributed by atoms with van der Waals surface area (Å²) in [6.45, 7) is 0. The van der Waals surface area contributed by atoms with E-state index in [1.807, 2.05) is 0 Å². The number of carbonyl (C=O) groups is 3. The second kappa shape index (κ2) is 5.37. The van der Waals surface area contributed by atoms with Gasteiger partial charge in [-0.05, 0) is 18.2 Å². The van der Waals surface area contributed by atoms with Crippen molar-refractivity contribution in [3.63, 3.8) is 0 Å². The summed E-state index contributed by atoms with van der Waals surface area (Å²) in [5.41, 5.74) is -3.76. The highest BCUT2D eigenvalue weighted by atomic mass is 35.5. The molecular weight excluding hydrogens is 388 g/mol. The number of hydrogen-bond donors (Lipinski definition) is 1. The first-order valence-corrected chi connectivity index (χ1v) is 8.60. The lowest BCUT2D eigenvalue weighted by atomic mass is 9.86. The van der Waals surface area contributed by atoms with Crippen molar-refractivity contribution >= 4 is 40.1 Å². The van der Waals surface area contributed by atoms with Crippen LogP contribution in [0, 0.1) is 0 Å². The van der Waals surface area contributed by atoms with Gasteiger partial charge in [-0.3, -0.25) is 14.4 Å². The number of ether oxygens (including phenoxy) is 1. The molecule has 1 atom stereocenters. The molecule has 0 fully saturated rings. The molecule has 1 aliphatic heterocycles. The maximum Gasteiger partial charge on any atom is 0.375 e. The molecule has 28 heavy (non-hydrogen) atoms. The molecule has 138 valence electrons. The Morgan fingerprint density at radius 1 is 0.964 bits per heavy atom. The average molecular weight is 397 g/mol. The van der Waals surface area contributed by atoms with Gasteiger partial charge in [-0.1, -0.05) is 35.9 Å². The zero-order chi connectivity index (χ0) is 19.8. The minimum atomic E-state index is -2.74. The molecule has 1 N–H and O–H groups in total. The zero-order valence-electron chi connectivity index (χ0n) is 13.9. The van der Waals surface area contributed by atoms with E-state index in [4.69, 9.17) is 20.8 Å². The van der Waals surface area contributed by atoms with Crippen molar-refractivity contribution in [3.8, 4) is 0 Å². The molecule has 3 aromatic rings. The van der Waals surface area contributed by atoms with Gasteiger partial charge in [0.2, 0.25) is 28.4 Å². The SMILES string of the molecule is O=C1OC(C2(O)C(=O)c3ccccc3C2=O)c2c1oc1ccc(Cl)cc1c2=O. The first-order chi connectivity index (χ1) is 13.3. The van der Waals surface area contributed by atoms with E-state index in [2.05, 4.69) is 0 Å². The Hall–Kier alpha value is -3.29. The molecule has 0 radical (unpaired) electrons. The summed E-state index contributed by atoms with van der Waals surface area (Å²) < 4.78 is 10.6. The number of cyclic esters (lactones) is 1. The van der Waals surface area contributed by atoms with Crippen LogP contribution in [0.5, 0.6) is 0 Å². The van der Waals surface area contributed by atoms with E-state index in [-0.39, 0.29) is 32.7 Å². The Labute approximate surface area is 161 Å². The topological polar surface area (TPSA) is 111 Å². The summed E-state index contributed by atoms with van der Waals surface area (Å²) in [7, 11) is 0. The van der Waals surface area contributed by atoms with Crippen molar-refractivity contribution in [3.05, 3.63) is 80.2 Å². The molecule has 1 unspecified atom stereocenters. The molecule has 2 aliphatic rings. The van der Waals surface area contributed by atoms with Crippen LogP contribution in [0.4, 0.5) is 0 Å². The molecule has 8 heteroatoms. The fourth-order valence-electron chi connectivity index (χ4n) is 3.72. The highest BCUT2D eigenvalue weighted by Crippen LogP contribution is 2.44. The van der Waals surface area contributed by atoms with Crippen molar-refractivity contribution < 1.29 is 28.6 Å². The van der Waals surface area contributed by atoms with Gasteiger partial charge >= 0.3 is 5.97 Å². The van der Waals surface area contributed by atoms with E-state index in [1.54, 1.807) is 0 Å². The van der Waals surface area contributed by atoms with Crippen molar-refractivity contribution in [2.45, 2.75) is 11.7 Å². The lowest BCUT2D eigenvalue weighted by Crippen LogP contribution is -2.48. The Balaban J connectivity index is 1.78. The van der Waals surface area contributed by atoms with Crippen LogP contribution in [-0.4, -0.2) is 28.2 Å². The van der Waals surface area contributed by atoms with Gasteiger partial charge in [0.25, 0.3) is 0 Å². The molecule has 2 aromatic carbocycles. The van der Waals surface area contributed by atoms with Crippen molar-refractivity contribution in [2.75, 3.05) is 0 Å². The third-order valence-corrected chi connectivity index (χ3v) is 5.28. The number of hydrogen-bond acceptors (Lipinski definition) is 7. The highest BCUT2D eigenvalue weighted by Gasteiger charge is 2.62. The Morgan fingerprint density at radius 3 is 2.25 bits per heavy atom. The van der Waals surface area contributed by atoms with Gasteiger partial charge in [-0.2, -0.15) is 0 Å². The van der Waals surface area contributed by atoms with Gasteiger partial charge in [0.1, 0.15) is 5.58 Å². The van der Waals surface area contributed by atoms with Crippen molar-refractivity contribution in [1.29, 1.82) is 0 Å². The third-order valence-electron chi connectivity index (χ3n) is 5.05. The van der Waals surface area contributed by atoms with E-state index in [0.717, 1.165) is 0 Å². The van der Waals surface area contributed by atoms with Gasteiger partial charge in [-0.15, -0.1) is 0 Å². The summed E-state index contributed by atoms with van der Waals surface area (Å²) in [5.74, 6) is -3.37. The van der Waals surface area contributed by atoms with Gasteiger partial charge in [0.15, 0.2) is 6.10 Å². The van der Waals surface area contributed by atoms with Gasteiger partial charge in [0, 0.05) is 16.1 Å². The molecule has 7 nitrogen and oxygen atoms in total. The number of ketones is 2. The maximum absolute atomic E-state index is 13.0. The van der Waals surface area contributed by atoms with Gasteiger partial charge < -0.3 is 14.3 Å². The lowest BCUT2D eigenvalue weighted by Gasteiger charge is -2.24. The van der Waals surface area contributed by atoms with E-state index < -0.39 is 40.4 Å². The van der Waals surface area contributed by atoms with E-state index >= 15 is 0 Å². The van der Waals surface area contributed by atoms with Crippen LogP contribution in [0.15, 0.2) is 51.7 Å². The number of benzene rings is 2. The van der Waals surface area contributed by atoms with Crippen LogP contribution in [0.3, 0.4) is 0 Å². The summed E-state index contributed by atoms with van der Waals surface area (Å²) in [4.78, 5) is 51.0. The van der Waals surface area contributed by atoms with Crippen LogP contribution in [0.25, 0.3) is 11.0 Å². The summed E-state index contributed by atoms with van der Waals surface area (Å²) in [6, 6.07) is 10.1. The molecule has 0 saturated heterocycles. The quantitative estimate of drug-likeness (QED) is 0.496. The number of aliphatic hydroxyl groups is 1. The predicted molar refractivity (Wildman–Crippen MR) is 95.7 cm³/mol. The minimum absolute atomic E-state index is 0.00674. The van der Waals surface area contributed by atoms with Gasteiger partial charge in [-0.25, -0.2) is 4.79 Å². The average Bonchev–Trinajstić information content (AvgIpc) is 3.12. The molecular formula is C20H9ClO7. The number of esters is 1. The maximum atomic E-state index is 13.0. The predicted octanol–water partition coefficient (Wildman–Crippen LogP) is 2.47. The Bertz CT molecular complexity index is 1270. The van der Waals surface area contributed by atoms with E-state index in [1.165, 1.54) is 42.5 Å². The first-order valence-electron chi connectivity index (χ1n) is 8.22. The molecule has 5 rings (SSSR count). The zero-order valence-corrected chi connectivity index (χ0v) is 14.6. The second-order valence-electron chi connectivity index (χ2n) is 6.57. The van der Waals surface area contributed by atoms with Crippen LogP contribution < -0.4 is 5.43 Å². The molecule has 1 aromatic heterocycles. The van der Waals surface area contributed by atoms with Crippen LogP contribution in [0.1, 0.15) is 42.9 Å². The van der Waals surface area contributed by atoms with Crippen LogP contribution >= 0.6 is 11.6 Å². The second-order valence-corrected chi connectivity index (χ2v) is 7.01. The number of carbonyl (C=O) groups excluding carboxylic acids is 3. The lowest BCUT2D eigenvalue weighted by molar-refractivity contribution is -0.0405. The van der Waals surface area contributed by atoms with Gasteiger partial charge in [0.05, 0.1) is 10.9 Å². The number of Topliss-reactive ketones (excluding diaryl/α,β-unsaturated/α-hetero) is 2. The van der Waals surface area contributed by atoms with E-state index in [0.29, 0.717) is 0 Å². The number of rotatable bonds is 1. The molecule has 1 aliphatic carbocycles. The Kier molecular flexibility index (Phi) is 3.23. The monoisotopic (exact) mass is 396 g/mol. The molecule has 0 bridgehead atoms. The minimum Gasteiger partial charge on any atom is -0.448 e. The number of halogens is 1. The molecule has 0 saturated carbocycles. The fourth-order valence-corrected chi connectivity index (χ4v) is 3.89. The normalized spacial score (nSPS) is 19.6. The summed E-state index contributed by atoms with van der Waals surface area (Å²) in [5, 5.41) is 11.4. The number of fused-ring (bicyclic) bond motifs is 3. The van der Waals surface area contributed by atoms with Crippen LogP contribution in [-0.2, 0) is 4.74 Å². The molecule has 2 heterocycles. The first kappa shape index (κ1) is 16.9. The largest absolute Gasteiger partial charge is 0.448 e. The summed E-state index contributed by atoms with van der Waals surface area (Å²) >= 11 is 5.93. The highest BCUT2D eigenvalue weighted by molar-refractivity contribution is 6.33. The van der Waals surface area contributed by atoms with E-state index in [9.17, 15) is 24.3 Å². The molecule has 0 spiro atoms. The van der Waals surface area contributed by atoms with Crippen molar-refractivity contribution in [2.24, 2.45) is 0 Å². The third kappa shape index (κ3) is 1.92. The van der Waals surface area contributed by atoms with Crippen molar-refractivity contribution in [1.82, 2.24) is 0 Å². The summed E-state index contributed by atoms with van der Waals surface area (Å²) in [6.07, 6.45) is -1.82.